The summed E-state index contributed by atoms with van der Waals surface area (Å²) in [5, 5.41) is 7.06. The number of ether oxygens (including phenoxy) is 1. The van der Waals surface area contributed by atoms with Crippen LogP contribution in [0, 0.1) is 0 Å². The highest BCUT2D eigenvalue weighted by Gasteiger charge is 2.24. The number of hydrogen-bond acceptors (Lipinski definition) is 4. The second-order valence-corrected chi connectivity index (χ2v) is 6.15. The number of thiophene rings is 1. The van der Waals surface area contributed by atoms with Crippen LogP contribution < -0.4 is 5.32 Å². The van der Waals surface area contributed by atoms with E-state index in [9.17, 15) is 0 Å². The van der Waals surface area contributed by atoms with Crippen LogP contribution in [0.25, 0.3) is 10.1 Å². The van der Waals surface area contributed by atoms with E-state index in [-0.39, 0.29) is 0 Å². The van der Waals surface area contributed by atoms with Crippen molar-refractivity contribution in [3.05, 3.63) is 35.2 Å². The Morgan fingerprint density at radius 3 is 2.90 bits per heavy atom. The van der Waals surface area contributed by atoms with E-state index >= 15 is 0 Å². The van der Waals surface area contributed by atoms with Crippen LogP contribution in [-0.2, 0) is 4.74 Å². The molecule has 0 radical (unpaired) electrons. The van der Waals surface area contributed by atoms with Gasteiger partial charge in [0.25, 0.3) is 0 Å². The molecule has 1 fully saturated rings. The molecule has 0 bridgehead atoms. The molecule has 1 N–H and O–H groups in total. The Bertz CT molecular complexity index is 548. The van der Waals surface area contributed by atoms with Crippen LogP contribution in [0.1, 0.15) is 18.0 Å². The molecule has 1 aromatic heterocycles. The lowest BCUT2D eigenvalue weighted by atomic mass is 10.0. The summed E-state index contributed by atoms with van der Waals surface area (Å²) in [5.41, 5.74) is 1.49. The lowest BCUT2D eigenvalue weighted by Gasteiger charge is -2.34. The van der Waals surface area contributed by atoms with Crippen LogP contribution in [0.4, 0.5) is 0 Å². The average Bonchev–Trinajstić information content (AvgIpc) is 2.93. The van der Waals surface area contributed by atoms with Crippen LogP contribution in [-0.4, -0.2) is 44.8 Å². The molecule has 1 aliphatic heterocycles. The Labute approximate surface area is 124 Å². The molecule has 4 heteroatoms. The van der Waals surface area contributed by atoms with Crippen molar-refractivity contribution in [3.63, 3.8) is 0 Å². The molecule has 108 valence electrons. The van der Waals surface area contributed by atoms with Gasteiger partial charge in [-0.05, 0) is 42.4 Å². The van der Waals surface area contributed by atoms with Gasteiger partial charge in [0.15, 0.2) is 0 Å². The van der Waals surface area contributed by atoms with Crippen molar-refractivity contribution >= 4 is 21.4 Å². The first-order chi connectivity index (χ1) is 9.90. The number of rotatable bonds is 5. The minimum Gasteiger partial charge on any atom is -0.379 e. The van der Waals surface area contributed by atoms with Gasteiger partial charge in [-0.15, -0.1) is 11.3 Å². The number of nitrogens with zero attached hydrogens (tertiary/aromatic N) is 1. The molecule has 1 aromatic carbocycles. The fourth-order valence-electron chi connectivity index (χ4n) is 2.96. The Morgan fingerprint density at radius 2 is 2.10 bits per heavy atom. The highest BCUT2D eigenvalue weighted by atomic mass is 32.1. The number of hydrogen-bond donors (Lipinski definition) is 1. The minimum absolute atomic E-state index is 0.502. The third-order valence-corrected chi connectivity index (χ3v) is 5.01. The number of morpholine rings is 1. The first-order valence-electron chi connectivity index (χ1n) is 7.32. The van der Waals surface area contributed by atoms with Crippen LogP contribution in [0.5, 0.6) is 0 Å². The van der Waals surface area contributed by atoms with Crippen molar-refractivity contribution in [1.29, 1.82) is 0 Å². The number of nitrogens with one attached hydrogen (secondary N) is 1. The molecule has 20 heavy (non-hydrogen) atoms. The molecule has 1 atom stereocenters. The molecule has 0 amide bonds. The maximum atomic E-state index is 5.50. The zero-order chi connectivity index (χ0) is 13.8. The maximum Gasteiger partial charge on any atom is 0.0594 e. The van der Waals surface area contributed by atoms with Gasteiger partial charge >= 0.3 is 0 Å². The van der Waals surface area contributed by atoms with E-state index in [2.05, 4.69) is 39.9 Å². The molecule has 0 spiro atoms. The summed E-state index contributed by atoms with van der Waals surface area (Å²) in [4.78, 5) is 2.58. The summed E-state index contributed by atoms with van der Waals surface area (Å²) < 4.78 is 6.90. The van der Waals surface area contributed by atoms with Crippen molar-refractivity contribution in [2.45, 2.75) is 12.5 Å². The van der Waals surface area contributed by atoms with Gasteiger partial charge in [-0.2, -0.15) is 0 Å². The monoisotopic (exact) mass is 290 g/mol. The molecule has 1 saturated heterocycles. The van der Waals surface area contributed by atoms with Crippen molar-refractivity contribution < 1.29 is 4.74 Å². The van der Waals surface area contributed by atoms with E-state index in [1.54, 1.807) is 0 Å². The maximum absolute atomic E-state index is 5.50. The number of fused-ring (bicyclic) bond motifs is 1. The van der Waals surface area contributed by atoms with E-state index in [1.807, 2.05) is 18.4 Å². The smallest absolute Gasteiger partial charge is 0.0594 e. The first kappa shape index (κ1) is 14.0. The molecular weight excluding hydrogens is 268 g/mol. The van der Waals surface area contributed by atoms with Gasteiger partial charge in [0.1, 0.15) is 0 Å². The quantitative estimate of drug-likeness (QED) is 0.916. The van der Waals surface area contributed by atoms with Gasteiger partial charge in [-0.25, -0.2) is 0 Å². The lowest BCUT2D eigenvalue weighted by molar-refractivity contribution is 0.0147. The Hall–Kier alpha value is -0.940. The fourth-order valence-corrected chi connectivity index (χ4v) is 3.97. The number of benzene rings is 1. The summed E-state index contributed by atoms with van der Waals surface area (Å²) >= 11 is 1.86. The summed E-state index contributed by atoms with van der Waals surface area (Å²) in [6.45, 7) is 4.85. The molecule has 2 heterocycles. The van der Waals surface area contributed by atoms with Gasteiger partial charge < -0.3 is 10.1 Å². The highest BCUT2D eigenvalue weighted by molar-refractivity contribution is 7.17. The standard InChI is InChI=1S/C16H22N2OS/c1-17-7-6-15(18-8-10-19-11-9-18)14-12-20-16-5-3-2-4-13(14)16/h2-5,12,15,17H,6-11H2,1H3. The third kappa shape index (κ3) is 2.88. The minimum atomic E-state index is 0.502. The van der Waals surface area contributed by atoms with E-state index in [0.29, 0.717) is 6.04 Å². The van der Waals surface area contributed by atoms with Crippen molar-refractivity contribution in [3.8, 4) is 0 Å². The summed E-state index contributed by atoms with van der Waals surface area (Å²) in [5.74, 6) is 0. The molecule has 0 aliphatic carbocycles. The van der Waals surface area contributed by atoms with Gasteiger partial charge in [0, 0.05) is 23.8 Å². The van der Waals surface area contributed by atoms with Crippen LogP contribution in [0.3, 0.4) is 0 Å². The Morgan fingerprint density at radius 1 is 1.30 bits per heavy atom. The summed E-state index contributed by atoms with van der Waals surface area (Å²) in [6.07, 6.45) is 1.15. The van der Waals surface area contributed by atoms with Gasteiger partial charge in [0.05, 0.1) is 13.2 Å². The average molecular weight is 290 g/mol. The van der Waals surface area contributed by atoms with E-state index < -0.39 is 0 Å². The Kier molecular flexibility index (Phi) is 4.68. The molecule has 1 aliphatic rings. The lowest BCUT2D eigenvalue weighted by Crippen LogP contribution is -2.39. The Balaban J connectivity index is 1.90. The van der Waals surface area contributed by atoms with Gasteiger partial charge in [-0.1, -0.05) is 18.2 Å². The molecule has 1 unspecified atom stereocenters. The highest BCUT2D eigenvalue weighted by Crippen LogP contribution is 2.35. The molecule has 3 rings (SSSR count). The zero-order valence-corrected chi connectivity index (χ0v) is 12.8. The van der Waals surface area contributed by atoms with Gasteiger partial charge in [-0.3, -0.25) is 4.90 Å². The van der Waals surface area contributed by atoms with Crippen LogP contribution >= 0.6 is 11.3 Å². The van der Waals surface area contributed by atoms with E-state index in [0.717, 1.165) is 39.3 Å². The van der Waals surface area contributed by atoms with Crippen LogP contribution in [0.15, 0.2) is 29.6 Å². The second-order valence-electron chi connectivity index (χ2n) is 5.24. The van der Waals surface area contributed by atoms with Crippen LogP contribution in [0.2, 0.25) is 0 Å². The summed E-state index contributed by atoms with van der Waals surface area (Å²) in [6, 6.07) is 9.25. The third-order valence-electron chi connectivity index (χ3n) is 4.02. The van der Waals surface area contributed by atoms with Crippen molar-refractivity contribution in [1.82, 2.24) is 10.2 Å². The molecular formula is C16H22N2OS. The molecule has 2 aromatic rings. The molecule has 3 nitrogen and oxygen atoms in total. The normalized spacial score (nSPS) is 18.4. The second kappa shape index (κ2) is 6.68. The predicted octanol–water partition coefficient (Wildman–Crippen LogP) is 2.88. The zero-order valence-electron chi connectivity index (χ0n) is 12.0. The van der Waals surface area contributed by atoms with E-state index in [4.69, 9.17) is 4.74 Å². The fraction of sp³-hybridized carbons (Fsp3) is 0.500. The first-order valence-corrected chi connectivity index (χ1v) is 8.20. The van der Waals surface area contributed by atoms with Crippen molar-refractivity contribution in [2.24, 2.45) is 0 Å². The van der Waals surface area contributed by atoms with Gasteiger partial charge in [0.2, 0.25) is 0 Å². The van der Waals surface area contributed by atoms with E-state index in [1.165, 1.54) is 15.6 Å². The topological polar surface area (TPSA) is 24.5 Å². The molecule has 0 saturated carbocycles. The SMILES string of the molecule is CNCCC(c1csc2ccccc12)N1CCOCC1. The summed E-state index contributed by atoms with van der Waals surface area (Å²) in [7, 11) is 2.03. The predicted molar refractivity (Wildman–Crippen MR) is 85.5 cm³/mol. The largest absolute Gasteiger partial charge is 0.379 e. The van der Waals surface area contributed by atoms with Crippen molar-refractivity contribution in [2.75, 3.05) is 39.9 Å².